The quantitative estimate of drug-likeness (QED) is 0.249. The van der Waals surface area contributed by atoms with Gasteiger partial charge in [0.2, 0.25) is 5.75 Å². The molecule has 0 fully saturated rings. The van der Waals surface area contributed by atoms with Gasteiger partial charge in [-0.1, -0.05) is 24.9 Å². The van der Waals surface area contributed by atoms with Crippen molar-refractivity contribution in [3.63, 3.8) is 0 Å². The van der Waals surface area contributed by atoms with Crippen molar-refractivity contribution in [2.75, 3.05) is 6.61 Å². The molecule has 1 N–H and O–H groups in total. The van der Waals surface area contributed by atoms with E-state index in [4.69, 9.17) is 16.3 Å². The highest BCUT2D eigenvalue weighted by atomic mass is 35.5. The third kappa shape index (κ3) is 5.03. The van der Waals surface area contributed by atoms with Crippen LogP contribution in [-0.2, 0) is 4.74 Å². The predicted octanol–water partition coefficient (Wildman–Crippen LogP) is 4.66. The highest BCUT2D eigenvalue weighted by molar-refractivity contribution is 6.31. The van der Waals surface area contributed by atoms with Crippen LogP contribution in [0.1, 0.15) is 35.7 Å². The largest absolute Gasteiger partial charge is 0.502 e. The topological polar surface area (TPSA) is 102 Å². The Morgan fingerprint density at radius 1 is 1.35 bits per heavy atom. The summed E-state index contributed by atoms with van der Waals surface area (Å²) in [6.07, 6.45) is 3.02. The lowest BCUT2D eigenvalue weighted by Crippen LogP contribution is -2.05. The molecular formula is C18H17ClN2O5. The molecule has 8 heteroatoms. The number of hydrogen-bond acceptors (Lipinski definition) is 6. The van der Waals surface area contributed by atoms with Crippen LogP contribution in [0.5, 0.6) is 5.75 Å². The number of rotatable bonds is 7. The molecule has 0 aromatic heterocycles. The fourth-order valence-corrected chi connectivity index (χ4v) is 2.28. The smallest absolute Gasteiger partial charge is 0.338 e. The molecule has 0 saturated carbocycles. The zero-order valence-corrected chi connectivity index (χ0v) is 14.8. The molecule has 0 spiro atoms. The summed E-state index contributed by atoms with van der Waals surface area (Å²) in [5, 5.41) is 20.9. The Morgan fingerprint density at radius 2 is 2.04 bits per heavy atom. The number of carbonyl (C=O) groups is 1. The third-order valence-electron chi connectivity index (χ3n) is 3.47. The van der Waals surface area contributed by atoms with Gasteiger partial charge in [-0.05, 0) is 36.8 Å². The van der Waals surface area contributed by atoms with Crippen LogP contribution in [0.3, 0.4) is 0 Å². The van der Waals surface area contributed by atoms with E-state index >= 15 is 0 Å². The van der Waals surface area contributed by atoms with Gasteiger partial charge in [0, 0.05) is 22.9 Å². The first kappa shape index (κ1) is 19.4. The molecule has 0 saturated heterocycles. The second kappa shape index (κ2) is 8.96. The van der Waals surface area contributed by atoms with E-state index in [1.54, 1.807) is 24.3 Å². The van der Waals surface area contributed by atoms with Gasteiger partial charge < -0.3 is 9.84 Å². The Bertz CT molecular complexity index is 834. The zero-order valence-electron chi connectivity index (χ0n) is 14.0. The number of nitro groups is 1. The Kier molecular flexibility index (Phi) is 6.68. The molecule has 136 valence electrons. The van der Waals surface area contributed by atoms with Crippen molar-refractivity contribution in [2.45, 2.75) is 19.8 Å². The third-order valence-corrected chi connectivity index (χ3v) is 3.69. The fraction of sp³-hybridized carbons (Fsp3) is 0.222. The normalized spacial score (nSPS) is 10.8. The van der Waals surface area contributed by atoms with Gasteiger partial charge in [0.15, 0.2) is 0 Å². The van der Waals surface area contributed by atoms with E-state index in [9.17, 15) is 20.0 Å². The number of carbonyl (C=O) groups excluding carboxylic acids is 1. The summed E-state index contributed by atoms with van der Waals surface area (Å²) in [6, 6.07) is 8.77. The molecule has 7 nitrogen and oxygen atoms in total. The standard InChI is InChI=1S/C18H17ClN2O5/c1-2-3-8-26-18(23)12-4-6-15(7-5-12)20-11-13-9-14(19)10-16(17(13)22)21(24)25/h4-7,9-11,22H,2-3,8H2,1H3. The number of ether oxygens (including phenoxy) is 1. The van der Waals surface area contributed by atoms with E-state index in [0.717, 1.165) is 18.9 Å². The van der Waals surface area contributed by atoms with Crippen LogP contribution >= 0.6 is 11.6 Å². The van der Waals surface area contributed by atoms with E-state index in [2.05, 4.69) is 4.99 Å². The lowest BCUT2D eigenvalue weighted by molar-refractivity contribution is -0.385. The number of aromatic hydroxyl groups is 1. The lowest BCUT2D eigenvalue weighted by atomic mass is 10.2. The monoisotopic (exact) mass is 376 g/mol. The molecular weight excluding hydrogens is 360 g/mol. The number of hydrogen-bond donors (Lipinski definition) is 1. The van der Waals surface area contributed by atoms with Crippen molar-refractivity contribution >= 4 is 35.2 Å². The summed E-state index contributed by atoms with van der Waals surface area (Å²) in [6.45, 7) is 2.38. The van der Waals surface area contributed by atoms with Gasteiger partial charge >= 0.3 is 11.7 Å². The number of phenols is 1. The second-order valence-electron chi connectivity index (χ2n) is 5.41. The number of esters is 1. The molecule has 0 heterocycles. The summed E-state index contributed by atoms with van der Waals surface area (Å²) in [5.74, 6) is -0.920. The van der Waals surface area contributed by atoms with E-state index in [1.165, 1.54) is 12.3 Å². The molecule has 2 aromatic rings. The predicted molar refractivity (Wildman–Crippen MR) is 98.7 cm³/mol. The van der Waals surface area contributed by atoms with Crippen LogP contribution in [0, 0.1) is 10.1 Å². The molecule has 0 atom stereocenters. The van der Waals surface area contributed by atoms with Crippen LogP contribution in [0.2, 0.25) is 5.02 Å². The molecule has 0 bridgehead atoms. The molecule has 0 amide bonds. The maximum Gasteiger partial charge on any atom is 0.338 e. The number of nitro benzene ring substituents is 1. The maximum atomic E-state index is 11.8. The molecule has 0 radical (unpaired) electrons. The Hall–Kier alpha value is -2.93. The van der Waals surface area contributed by atoms with Crippen molar-refractivity contribution in [2.24, 2.45) is 4.99 Å². The van der Waals surface area contributed by atoms with Gasteiger partial charge in [-0.25, -0.2) is 4.79 Å². The number of halogens is 1. The molecule has 0 aliphatic rings. The van der Waals surface area contributed by atoms with Gasteiger partial charge in [0.05, 0.1) is 22.8 Å². The average molecular weight is 377 g/mol. The highest BCUT2D eigenvalue weighted by Gasteiger charge is 2.17. The van der Waals surface area contributed by atoms with Crippen molar-refractivity contribution in [1.82, 2.24) is 0 Å². The minimum Gasteiger partial charge on any atom is -0.502 e. The summed E-state index contributed by atoms with van der Waals surface area (Å²) < 4.78 is 5.11. The second-order valence-corrected chi connectivity index (χ2v) is 5.85. The van der Waals surface area contributed by atoms with Gasteiger partial charge in [-0.2, -0.15) is 0 Å². The minimum atomic E-state index is -0.725. The average Bonchev–Trinajstić information content (AvgIpc) is 2.62. The van der Waals surface area contributed by atoms with Crippen LogP contribution < -0.4 is 0 Å². The first-order valence-corrected chi connectivity index (χ1v) is 8.28. The molecule has 2 rings (SSSR count). The van der Waals surface area contributed by atoms with Gasteiger partial charge in [-0.15, -0.1) is 0 Å². The van der Waals surface area contributed by atoms with Crippen molar-refractivity contribution < 1.29 is 19.6 Å². The lowest BCUT2D eigenvalue weighted by Gasteiger charge is -2.04. The fourth-order valence-electron chi connectivity index (χ4n) is 2.06. The zero-order chi connectivity index (χ0) is 19.1. The van der Waals surface area contributed by atoms with Crippen LogP contribution in [-0.4, -0.2) is 28.8 Å². The van der Waals surface area contributed by atoms with Crippen molar-refractivity contribution in [1.29, 1.82) is 0 Å². The van der Waals surface area contributed by atoms with Gasteiger partial charge in [0.1, 0.15) is 0 Å². The van der Waals surface area contributed by atoms with Crippen molar-refractivity contribution in [3.05, 3.63) is 62.7 Å². The first-order chi connectivity index (χ1) is 12.4. The van der Waals surface area contributed by atoms with Crippen molar-refractivity contribution in [3.8, 4) is 5.75 Å². The minimum absolute atomic E-state index is 0.112. The Balaban J connectivity index is 2.14. The number of phenolic OH excluding ortho intramolecular Hbond substituents is 1. The Labute approximate surface area is 155 Å². The summed E-state index contributed by atoms with van der Waals surface area (Å²) >= 11 is 5.83. The highest BCUT2D eigenvalue weighted by Crippen LogP contribution is 2.32. The number of aliphatic imine (C=N–C) groups is 1. The number of nitrogens with zero attached hydrogens (tertiary/aromatic N) is 2. The molecule has 0 aliphatic carbocycles. The van der Waals surface area contributed by atoms with Crippen LogP contribution in [0.25, 0.3) is 0 Å². The Morgan fingerprint density at radius 3 is 2.65 bits per heavy atom. The van der Waals surface area contributed by atoms with Gasteiger partial charge in [-0.3, -0.25) is 15.1 Å². The van der Waals surface area contributed by atoms with E-state index in [1.807, 2.05) is 6.92 Å². The number of unbranched alkanes of at least 4 members (excludes halogenated alkanes) is 1. The SMILES string of the molecule is CCCCOC(=O)c1ccc(N=Cc2cc(Cl)cc([N+](=O)[O-])c2O)cc1. The van der Waals surface area contributed by atoms with Crippen LogP contribution in [0.4, 0.5) is 11.4 Å². The molecule has 26 heavy (non-hydrogen) atoms. The molecule has 2 aromatic carbocycles. The summed E-state index contributed by atoms with van der Waals surface area (Å²) in [7, 11) is 0. The van der Waals surface area contributed by atoms with E-state index < -0.39 is 22.3 Å². The molecule has 0 aliphatic heterocycles. The van der Waals surface area contributed by atoms with E-state index in [0.29, 0.717) is 17.9 Å². The van der Waals surface area contributed by atoms with Crippen LogP contribution in [0.15, 0.2) is 41.4 Å². The first-order valence-electron chi connectivity index (χ1n) is 7.90. The summed E-state index contributed by atoms with van der Waals surface area (Å²) in [4.78, 5) is 26.1. The number of benzene rings is 2. The molecule has 0 unspecified atom stereocenters. The summed E-state index contributed by atoms with van der Waals surface area (Å²) in [5.41, 5.74) is 0.523. The van der Waals surface area contributed by atoms with Gasteiger partial charge in [0.25, 0.3) is 0 Å². The van der Waals surface area contributed by atoms with E-state index in [-0.39, 0.29) is 10.6 Å². The maximum absolute atomic E-state index is 11.8.